The molecule has 0 spiro atoms. The van der Waals surface area contributed by atoms with Crippen LogP contribution in [0.2, 0.25) is 5.02 Å². The summed E-state index contributed by atoms with van der Waals surface area (Å²) in [5.41, 5.74) is 1.35. The van der Waals surface area contributed by atoms with E-state index in [1.165, 1.54) is 0 Å². The molecule has 114 valence electrons. The molecule has 1 amide bonds. The zero-order valence-corrected chi connectivity index (χ0v) is 13.6. The van der Waals surface area contributed by atoms with Gasteiger partial charge in [-0.3, -0.25) is 10.2 Å². The maximum absolute atomic E-state index is 12.6. The molecule has 4 nitrogen and oxygen atoms in total. The number of thiocarbonyl (C=S) groups is 1. The molecule has 0 radical (unpaired) electrons. The van der Waals surface area contributed by atoms with E-state index in [2.05, 4.69) is 11.2 Å². The van der Waals surface area contributed by atoms with Crippen LogP contribution in [0.5, 0.6) is 0 Å². The first kappa shape index (κ1) is 15.6. The van der Waals surface area contributed by atoms with Crippen LogP contribution in [0.15, 0.2) is 60.4 Å². The molecule has 6 heteroatoms. The highest BCUT2D eigenvalue weighted by molar-refractivity contribution is 7.80. The minimum absolute atomic E-state index is 0.204. The minimum Gasteiger partial charge on any atom is -0.310 e. The van der Waals surface area contributed by atoms with E-state index in [1.807, 2.05) is 47.3 Å². The topological polar surface area (TPSA) is 56.8 Å². The average molecular weight is 343 g/mol. The number of benzene rings is 1. The Morgan fingerprint density at radius 1 is 1.17 bits per heavy atom. The van der Waals surface area contributed by atoms with E-state index in [1.54, 1.807) is 12.1 Å². The van der Waals surface area contributed by atoms with Gasteiger partial charge in [-0.1, -0.05) is 42.0 Å². The van der Waals surface area contributed by atoms with Crippen molar-refractivity contribution < 1.29 is 9.36 Å². The van der Waals surface area contributed by atoms with Crippen LogP contribution >= 0.6 is 23.8 Å². The Morgan fingerprint density at radius 3 is 2.43 bits per heavy atom. The molecule has 3 rings (SSSR count). The van der Waals surface area contributed by atoms with Gasteiger partial charge in [-0.25, -0.2) is 0 Å². The number of rotatable bonds is 2. The monoisotopic (exact) mass is 342 g/mol. The number of carbonyl (C=O) groups is 1. The van der Waals surface area contributed by atoms with E-state index in [4.69, 9.17) is 29.2 Å². The van der Waals surface area contributed by atoms with Crippen LogP contribution in [0.3, 0.4) is 0 Å². The van der Waals surface area contributed by atoms with Gasteiger partial charge in [0.15, 0.2) is 12.4 Å². The van der Waals surface area contributed by atoms with Gasteiger partial charge in [-0.2, -0.15) is 4.57 Å². The van der Waals surface area contributed by atoms with Crippen LogP contribution in [0.25, 0.3) is 0 Å². The van der Waals surface area contributed by atoms with Crippen molar-refractivity contribution in [3.63, 3.8) is 0 Å². The number of nitrogens with zero attached hydrogens (tertiary/aromatic N) is 1. The van der Waals surface area contributed by atoms with Crippen molar-refractivity contribution in [2.24, 2.45) is 0 Å². The zero-order chi connectivity index (χ0) is 16.4. The van der Waals surface area contributed by atoms with Gasteiger partial charge in [0.25, 0.3) is 5.91 Å². The average Bonchev–Trinajstić information content (AvgIpc) is 2.56. The molecule has 2 aromatic rings. The molecule has 1 aromatic carbocycles. The first-order chi connectivity index (χ1) is 11.1. The highest BCUT2D eigenvalue weighted by Crippen LogP contribution is 2.35. The van der Waals surface area contributed by atoms with Crippen LogP contribution in [-0.4, -0.2) is 16.8 Å². The van der Waals surface area contributed by atoms with Crippen LogP contribution in [-0.2, 0) is 4.79 Å². The summed E-state index contributed by atoms with van der Waals surface area (Å²) in [5, 5.41) is 10.9. The fourth-order valence-electron chi connectivity index (χ4n) is 2.76. The van der Waals surface area contributed by atoms with Crippen molar-refractivity contribution in [3.05, 3.63) is 71.0 Å². The number of nitrogens with one attached hydrogen (secondary N) is 2. The number of carbonyl (C=O) groups excluding carboxylic acids is 1. The van der Waals surface area contributed by atoms with Crippen molar-refractivity contribution >= 4 is 40.6 Å². The lowest BCUT2D eigenvalue weighted by Gasteiger charge is -2.29. The predicted molar refractivity (Wildman–Crippen MR) is 91.8 cm³/mol. The summed E-state index contributed by atoms with van der Waals surface area (Å²) in [6.07, 6.45) is 3.65. The highest BCUT2D eigenvalue weighted by atomic mass is 35.5. The van der Waals surface area contributed by atoms with E-state index >= 15 is 0 Å². The van der Waals surface area contributed by atoms with Gasteiger partial charge in [-0.15, -0.1) is 0 Å². The molecular weight excluding hydrogens is 330 g/mol. The summed E-state index contributed by atoms with van der Waals surface area (Å²) in [6.45, 7) is 0. The number of hydrogen-bond acceptors (Lipinski definition) is 3. The molecular formula is C17H13ClN3OS+. The zero-order valence-electron chi connectivity index (χ0n) is 12.0. The third-order valence-corrected chi connectivity index (χ3v) is 4.37. The van der Waals surface area contributed by atoms with Crippen molar-refractivity contribution in [1.29, 1.82) is 5.41 Å². The summed E-state index contributed by atoms with van der Waals surface area (Å²) in [5.74, 6) is 1.81. The van der Waals surface area contributed by atoms with Crippen molar-refractivity contribution in [2.75, 3.05) is 0 Å². The lowest BCUT2D eigenvalue weighted by molar-refractivity contribution is -0.711. The van der Waals surface area contributed by atoms with Gasteiger partial charge in [0, 0.05) is 17.2 Å². The minimum atomic E-state index is -0.545. The Balaban J connectivity index is 2.17. The molecule has 1 aliphatic rings. The third-order valence-electron chi connectivity index (χ3n) is 3.80. The highest BCUT2D eigenvalue weighted by Gasteiger charge is 2.45. The summed E-state index contributed by atoms with van der Waals surface area (Å²) >= 11 is 11.2. The summed E-state index contributed by atoms with van der Waals surface area (Å²) < 4.78 is 1.81. The molecule has 0 unspecified atom stereocenters. The second-order valence-corrected chi connectivity index (χ2v) is 6.00. The summed E-state index contributed by atoms with van der Waals surface area (Å²) in [7, 11) is 0. The maximum atomic E-state index is 12.6. The van der Waals surface area contributed by atoms with E-state index in [-0.39, 0.29) is 10.9 Å². The molecule has 1 aliphatic heterocycles. The molecule has 23 heavy (non-hydrogen) atoms. The fourth-order valence-corrected chi connectivity index (χ4v) is 3.17. The molecule has 2 atom stereocenters. The Kier molecular flexibility index (Phi) is 4.35. The second kappa shape index (κ2) is 6.42. The standard InChI is InChI=1S/C17H12ClN3OS/c18-12-6-4-11(5-7-12)14-13(10-19)17(23)20-16(22)15(14)21-8-2-1-3-9-21/h1-9,14-15,19H/p+1/t14-,15+/m1/s1. The Bertz CT molecular complexity index is 813. The van der Waals surface area contributed by atoms with Crippen molar-refractivity contribution in [1.82, 2.24) is 5.32 Å². The van der Waals surface area contributed by atoms with Crippen LogP contribution < -0.4 is 9.88 Å². The number of amides is 1. The molecule has 0 bridgehead atoms. The van der Waals surface area contributed by atoms with Gasteiger partial charge >= 0.3 is 0 Å². The van der Waals surface area contributed by atoms with Gasteiger partial charge in [-0.05, 0) is 23.6 Å². The first-order valence-corrected chi connectivity index (χ1v) is 7.76. The third kappa shape index (κ3) is 2.94. The molecule has 1 fully saturated rings. The van der Waals surface area contributed by atoms with E-state index < -0.39 is 12.0 Å². The molecule has 1 aromatic heterocycles. The predicted octanol–water partition coefficient (Wildman–Crippen LogP) is 2.58. The lowest BCUT2D eigenvalue weighted by Crippen LogP contribution is -2.56. The van der Waals surface area contributed by atoms with E-state index in [9.17, 15) is 4.79 Å². The molecule has 1 saturated heterocycles. The normalized spacial score (nSPS) is 20.8. The SMILES string of the molecule is N=C=C1C(=S)NC(=O)[C@@H]([n+]2ccccc2)[C@@H]1c1ccc(Cl)cc1. The fraction of sp³-hybridized carbons (Fsp3) is 0.118. The molecule has 0 aliphatic carbocycles. The summed E-state index contributed by atoms with van der Waals surface area (Å²) in [6, 6.07) is 12.3. The smallest absolute Gasteiger partial charge is 0.295 e. The second-order valence-electron chi connectivity index (χ2n) is 5.15. The van der Waals surface area contributed by atoms with Crippen molar-refractivity contribution in [3.8, 4) is 0 Å². The number of pyridine rings is 1. The van der Waals surface area contributed by atoms with Gasteiger partial charge in [0.05, 0.1) is 11.5 Å². The molecule has 2 N–H and O–H groups in total. The number of piperidine rings is 1. The molecule has 2 heterocycles. The van der Waals surface area contributed by atoms with Crippen LogP contribution in [0, 0.1) is 5.41 Å². The quantitative estimate of drug-likeness (QED) is 0.381. The van der Waals surface area contributed by atoms with Gasteiger partial charge in [0.2, 0.25) is 6.04 Å². The number of halogens is 1. The number of hydrogen-bond donors (Lipinski definition) is 2. The van der Waals surface area contributed by atoms with Gasteiger partial charge in [0.1, 0.15) is 4.99 Å². The van der Waals surface area contributed by atoms with E-state index in [0.717, 1.165) is 5.56 Å². The largest absolute Gasteiger partial charge is 0.310 e. The van der Waals surface area contributed by atoms with E-state index in [0.29, 0.717) is 10.6 Å². The molecule has 0 saturated carbocycles. The number of aromatic nitrogens is 1. The summed E-state index contributed by atoms with van der Waals surface area (Å²) in [4.78, 5) is 12.8. The van der Waals surface area contributed by atoms with Crippen LogP contribution in [0.1, 0.15) is 17.5 Å². The van der Waals surface area contributed by atoms with Crippen LogP contribution in [0.4, 0.5) is 0 Å². The lowest BCUT2D eigenvalue weighted by atomic mass is 9.82. The first-order valence-electron chi connectivity index (χ1n) is 6.98. The Labute approximate surface area is 143 Å². The maximum Gasteiger partial charge on any atom is 0.295 e. The van der Waals surface area contributed by atoms with Gasteiger partial charge < -0.3 is 5.32 Å². The van der Waals surface area contributed by atoms with Crippen molar-refractivity contribution in [2.45, 2.75) is 12.0 Å². The Hall–Kier alpha value is -2.33. The Morgan fingerprint density at radius 2 is 1.83 bits per heavy atom.